The molecule has 0 aliphatic heterocycles. The van der Waals surface area contributed by atoms with Crippen LogP contribution >= 0.6 is 0 Å². The molecule has 0 radical (unpaired) electrons. The van der Waals surface area contributed by atoms with Gasteiger partial charge in [0, 0.05) is 0 Å². The van der Waals surface area contributed by atoms with E-state index in [0.29, 0.717) is 0 Å². The molecule has 0 N–H and O–H groups in total. The van der Waals surface area contributed by atoms with E-state index >= 15 is 0 Å². The first-order valence-electron chi connectivity index (χ1n) is 6.43. The van der Waals surface area contributed by atoms with E-state index in [1.54, 1.807) is 3.21 Å². The second kappa shape index (κ2) is 8.08. The Labute approximate surface area is 134 Å². The van der Waals surface area contributed by atoms with E-state index in [1.165, 1.54) is 12.8 Å². The zero-order valence-corrected chi connectivity index (χ0v) is 17.1. The first-order chi connectivity index (χ1) is 8.10. The Morgan fingerprint density at radius 2 is 1.37 bits per heavy atom. The maximum Gasteiger partial charge on any atom is -1.00 e. The summed E-state index contributed by atoms with van der Waals surface area (Å²) in [6.07, 6.45) is 16.6. The Morgan fingerprint density at radius 3 is 1.58 bits per heavy atom. The monoisotopic (exact) mass is 390 g/mol. The van der Waals surface area contributed by atoms with E-state index in [1.807, 2.05) is 6.56 Å². The standard InChI is InChI=1S/2C5H5.C3H6.C2H6Si.2ClH.Zr/c2*1-2-4-5-3-1;2*1-3-2;;;/h2*1-3H,4H2;2*1-2H3;2*1H;/q;;;;;;+2/p-2. The molecule has 0 nitrogen and oxygen atoms in total. The zero-order valence-electron chi connectivity index (χ0n) is 12.1. The average molecular weight is 393 g/mol. The summed E-state index contributed by atoms with van der Waals surface area (Å²) in [5.41, 5.74) is -0.241. The van der Waals surface area contributed by atoms with Gasteiger partial charge in [-0.1, -0.05) is 0 Å². The van der Waals surface area contributed by atoms with Crippen molar-refractivity contribution in [2.45, 2.75) is 39.8 Å². The molecule has 2 aliphatic rings. The second-order valence-corrected chi connectivity index (χ2v) is 28.5. The molecule has 0 aromatic carbocycles. The predicted molar refractivity (Wildman–Crippen MR) is 77.5 cm³/mol. The van der Waals surface area contributed by atoms with Gasteiger partial charge in [-0.25, -0.2) is 0 Å². The maximum atomic E-state index is 2.55. The summed E-state index contributed by atoms with van der Waals surface area (Å²) in [6.45, 7) is 9.91. The van der Waals surface area contributed by atoms with Crippen LogP contribution < -0.4 is 24.8 Å². The van der Waals surface area contributed by atoms with E-state index in [4.69, 9.17) is 0 Å². The Morgan fingerprint density at radius 1 is 0.947 bits per heavy atom. The van der Waals surface area contributed by atoms with Crippen LogP contribution in [0.2, 0.25) is 13.1 Å². The first-order valence-corrected chi connectivity index (χ1v) is 16.3. The van der Waals surface area contributed by atoms with Crippen LogP contribution in [0.15, 0.2) is 43.0 Å². The normalized spacial score (nSPS) is 14.7. The molecule has 0 aromatic rings. The molecule has 0 atom stereocenters. The van der Waals surface area contributed by atoms with E-state index in [2.05, 4.69) is 63.4 Å². The van der Waals surface area contributed by atoms with Crippen LogP contribution in [0.5, 0.6) is 0 Å². The molecule has 4 heteroatoms. The van der Waals surface area contributed by atoms with Gasteiger partial charge in [0.15, 0.2) is 0 Å². The van der Waals surface area contributed by atoms with Gasteiger partial charge in [-0.3, -0.25) is 0 Å². The van der Waals surface area contributed by atoms with Crippen molar-refractivity contribution in [1.29, 1.82) is 0 Å². The van der Waals surface area contributed by atoms with Crippen molar-refractivity contribution in [3.8, 4) is 0 Å². The number of halogens is 2. The van der Waals surface area contributed by atoms with Crippen molar-refractivity contribution in [3.05, 3.63) is 43.0 Å². The van der Waals surface area contributed by atoms with Crippen LogP contribution in [-0.2, 0) is 18.4 Å². The SMILES string of the molecule is C[C](C)=[Zr+2]([C]1=CC=CC1)([C]1=CC=CC1)=[Si](C)C.[Cl-].[Cl-]. The van der Waals surface area contributed by atoms with E-state index in [9.17, 15) is 0 Å². The van der Waals surface area contributed by atoms with Crippen LogP contribution in [-0.4, -0.2) is 8.64 Å². The third kappa shape index (κ3) is 3.40. The molecule has 0 fully saturated rings. The fraction of sp³-hybridized carbons (Fsp3) is 0.400. The van der Waals surface area contributed by atoms with Gasteiger partial charge in [0.25, 0.3) is 0 Å². The molecular formula is C15H22Cl2SiZr. The number of hydrogen-bond acceptors (Lipinski definition) is 0. The Bertz CT molecular complexity index is 519. The Hall–Kier alpha value is 0.510. The quantitative estimate of drug-likeness (QED) is 0.492. The average Bonchev–Trinajstić information content (AvgIpc) is 2.88. The van der Waals surface area contributed by atoms with Gasteiger partial charge in [0.1, 0.15) is 0 Å². The minimum atomic E-state index is -2.36. The maximum absolute atomic E-state index is 2.55. The molecule has 19 heavy (non-hydrogen) atoms. The molecule has 2 aliphatic carbocycles. The predicted octanol–water partition coefficient (Wildman–Crippen LogP) is -1.70. The van der Waals surface area contributed by atoms with Crippen molar-refractivity contribution in [2.24, 2.45) is 0 Å². The molecule has 0 spiro atoms. The molecule has 0 saturated heterocycles. The van der Waals surface area contributed by atoms with Crippen LogP contribution in [0.1, 0.15) is 26.7 Å². The third-order valence-corrected chi connectivity index (χ3v) is 33.6. The van der Waals surface area contributed by atoms with Crippen molar-refractivity contribution in [2.75, 3.05) is 0 Å². The fourth-order valence-electron chi connectivity index (χ4n) is 3.44. The van der Waals surface area contributed by atoms with E-state index in [-0.39, 0.29) is 30.2 Å². The second-order valence-electron chi connectivity index (χ2n) is 5.40. The Kier molecular flexibility index (Phi) is 8.29. The summed E-state index contributed by atoms with van der Waals surface area (Å²) < 4.78 is 5.43. The summed E-state index contributed by atoms with van der Waals surface area (Å²) in [6, 6.07) is 0. The molecule has 2 rings (SSSR count). The van der Waals surface area contributed by atoms with Gasteiger partial charge >= 0.3 is 110 Å². The van der Waals surface area contributed by atoms with Crippen LogP contribution in [0.4, 0.5) is 0 Å². The van der Waals surface area contributed by atoms with Gasteiger partial charge in [-0.05, 0) is 0 Å². The number of allylic oxidation sites excluding steroid dienone is 8. The largest absolute Gasteiger partial charge is 1.00 e. The topological polar surface area (TPSA) is 0 Å². The molecule has 0 amide bonds. The van der Waals surface area contributed by atoms with Gasteiger partial charge < -0.3 is 24.8 Å². The van der Waals surface area contributed by atoms with E-state index in [0.717, 1.165) is 0 Å². The summed E-state index contributed by atoms with van der Waals surface area (Å²) in [5, 5.41) is 0. The van der Waals surface area contributed by atoms with Crippen LogP contribution in [0.3, 0.4) is 0 Å². The van der Waals surface area contributed by atoms with Crippen LogP contribution in [0.25, 0.3) is 0 Å². The van der Waals surface area contributed by atoms with Gasteiger partial charge in [-0.15, -0.1) is 0 Å². The molecule has 0 saturated carbocycles. The minimum absolute atomic E-state index is 0. The molecule has 0 aromatic heterocycles. The summed E-state index contributed by atoms with van der Waals surface area (Å²) in [7, 11) is 0. The molecule has 0 heterocycles. The third-order valence-electron chi connectivity index (χ3n) is 4.01. The van der Waals surface area contributed by atoms with Crippen molar-refractivity contribution in [3.63, 3.8) is 0 Å². The molecule has 104 valence electrons. The van der Waals surface area contributed by atoms with Gasteiger partial charge in [-0.2, -0.15) is 0 Å². The van der Waals surface area contributed by atoms with Crippen LogP contribution in [0, 0.1) is 0 Å². The number of hydrogen-bond donors (Lipinski definition) is 0. The van der Waals surface area contributed by atoms with E-state index < -0.39 is 18.4 Å². The zero-order chi connectivity index (χ0) is 12.5. The first kappa shape index (κ1) is 19.5. The Balaban J connectivity index is 0.00000162. The molecule has 0 bridgehead atoms. The fourth-order valence-corrected chi connectivity index (χ4v) is 32.7. The van der Waals surface area contributed by atoms with Gasteiger partial charge in [0.2, 0.25) is 0 Å². The smallest absolute Gasteiger partial charge is 1.00 e. The van der Waals surface area contributed by atoms with Crippen molar-refractivity contribution < 1.29 is 43.2 Å². The molecular weight excluding hydrogens is 370 g/mol. The summed E-state index contributed by atoms with van der Waals surface area (Å²) in [4.78, 5) is 0. The van der Waals surface area contributed by atoms with Crippen molar-refractivity contribution >= 4 is 8.64 Å². The number of rotatable bonds is 2. The van der Waals surface area contributed by atoms with Crippen molar-refractivity contribution in [1.82, 2.24) is 0 Å². The molecule has 0 unspecified atom stereocenters. The summed E-state index contributed by atoms with van der Waals surface area (Å²) in [5.74, 6) is 0. The van der Waals surface area contributed by atoms with Gasteiger partial charge in [0.05, 0.1) is 0 Å². The minimum Gasteiger partial charge on any atom is -1.00 e. The summed E-state index contributed by atoms with van der Waals surface area (Å²) >= 11 is -2.36.